The van der Waals surface area contributed by atoms with E-state index in [1.807, 2.05) is 0 Å². The number of nitro groups is 1. The maximum absolute atomic E-state index is 11.0. The number of thiazole rings is 1. The molecular weight excluding hydrogens is 402 g/mol. The minimum absolute atomic E-state index is 0.000000845. The number of carbonyl (C=O) groups excluding carboxylic acids is 1. The first-order valence-corrected chi connectivity index (χ1v) is 9.05. The number of amides is 1. The van der Waals surface area contributed by atoms with Crippen molar-refractivity contribution < 1.29 is 9.72 Å². The molecule has 0 radical (unpaired) electrons. The van der Waals surface area contributed by atoms with Gasteiger partial charge in [0.05, 0.1) is 15.5 Å². The lowest BCUT2D eigenvalue weighted by Crippen LogP contribution is -2.26. The van der Waals surface area contributed by atoms with Crippen LogP contribution in [0.15, 0.2) is 35.4 Å². The number of rotatable bonds is 7. The van der Waals surface area contributed by atoms with Crippen LogP contribution in [0.3, 0.4) is 0 Å². The number of aromatic nitrogens is 1. The molecule has 1 aromatic carbocycles. The van der Waals surface area contributed by atoms with Crippen molar-refractivity contribution in [1.29, 1.82) is 0 Å². The van der Waals surface area contributed by atoms with Crippen LogP contribution in [0.1, 0.15) is 23.1 Å². The molecule has 0 saturated heterocycles. The number of benzene rings is 1. The van der Waals surface area contributed by atoms with Crippen LogP contribution in [0.25, 0.3) is 6.08 Å². The normalized spacial score (nSPS) is 11.3. The van der Waals surface area contributed by atoms with Gasteiger partial charge in [0.15, 0.2) is 5.11 Å². The molecule has 0 aliphatic rings. The highest BCUT2D eigenvalue weighted by Crippen LogP contribution is 2.24. The molecule has 5 N–H and O–H groups in total. The Labute approximate surface area is 169 Å². The Balaban J connectivity index is 2.29. The summed E-state index contributed by atoms with van der Waals surface area (Å²) in [6.07, 6.45) is 3.44. The van der Waals surface area contributed by atoms with E-state index in [0.29, 0.717) is 16.5 Å². The number of hydrazine groups is 1. The third kappa shape index (κ3) is 6.10. The Morgan fingerprint density at radius 2 is 2.07 bits per heavy atom. The number of thiocarbonyl (C=S) groups is 1. The van der Waals surface area contributed by atoms with E-state index in [4.69, 9.17) is 18.0 Å². The molecule has 0 saturated carbocycles. The average molecular weight is 419 g/mol. The van der Waals surface area contributed by atoms with Crippen LogP contribution in [0.2, 0.25) is 0 Å². The third-order valence-electron chi connectivity index (χ3n) is 3.20. The zero-order valence-corrected chi connectivity index (χ0v) is 16.6. The molecule has 0 spiro atoms. The molecule has 28 heavy (non-hydrogen) atoms. The molecule has 2 rings (SSSR count). The second kappa shape index (κ2) is 9.53. The first kappa shape index (κ1) is 20.9. The lowest BCUT2D eigenvalue weighted by atomic mass is 10.1. The summed E-state index contributed by atoms with van der Waals surface area (Å²) >= 11 is 6.06. The van der Waals surface area contributed by atoms with Crippen molar-refractivity contribution in [2.75, 3.05) is 5.43 Å². The number of anilines is 1. The number of hydrogen-bond acceptors (Lipinski definition) is 8. The largest absolute Gasteiger partial charge is 0.375 e. The fourth-order valence-corrected chi connectivity index (χ4v) is 2.93. The molecule has 10 nitrogen and oxygen atoms in total. The Morgan fingerprint density at radius 3 is 2.64 bits per heavy atom. The van der Waals surface area contributed by atoms with E-state index in [1.165, 1.54) is 30.4 Å². The third-order valence-corrected chi connectivity index (χ3v) is 4.39. The van der Waals surface area contributed by atoms with Gasteiger partial charge in [-0.3, -0.25) is 31.2 Å². The second-order valence-electron chi connectivity index (χ2n) is 5.39. The molecule has 1 amide bonds. The summed E-state index contributed by atoms with van der Waals surface area (Å²) in [4.78, 5) is 26.4. The molecule has 1 aromatic heterocycles. The van der Waals surface area contributed by atoms with Crippen molar-refractivity contribution in [3.05, 3.63) is 56.6 Å². The number of non-ortho nitro benzene ring substituents is 1. The van der Waals surface area contributed by atoms with Gasteiger partial charge in [0.1, 0.15) is 5.71 Å². The fraction of sp³-hybridized carbons (Fsp3) is 0.125. The molecule has 12 heteroatoms. The van der Waals surface area contributed by atoms with Crippen molar-refractivity contribution in [3.63, 3.8) is 0 Å². The van der Waals surface area contributed by atoms with Crippen molar-refractivity contribution in [2.45, 2.75) is 13.8 Å². The minimum Gasteiger partial charge on any atom is -0.375 e. The van der Waals surface area contributed by atoms with E-state index >= 15 is 0 Å². The lowest BCUT2D eigenvalue weighted by Gasteiger charge is -2.02. The smallest absolute Gasteiger partial charge is 0.269 e. The number of aryl methyl sites for hydroxylation is 1. The summed E-state index contributed by atoms with van der Waals surface area (Å²) in [5.41, 5.74) is 15.1. The molecule has 2 aromatic rings. The summed E-state index contributed by atoms with van der Waals surface area (Å²) in [7, 11) is 0. The number of hydrogen-bond donors (Lipinski definition) is 4. The van der Waals surface area contributed by atoms with Crippen LogP contribution >= 0.6 is 23.6 Å². The van der Waals surface area contributed by atoms with Gasteiger partial charge in [-0.05, 0) is 42.9 Å². The second-order valence-corrected chi connectivity index (χ2v) is 6.83. The predicted octanol–water partition coefficient (Wildman–Crippen LogP) is 2.07. The minimum atomic E-state index is -0.462. The highest BCUT2D eigenvalue weighted by atomic mass is 32.1. The molecule has 146 valence electrons. The average Bonchev–Trinajstić information content (AvgIpc) is 3.01. The zero-order valence-electron chi connectivity index (χ0n) is 14.9. The van der Waals surface area contributed by atoms with E-state index < -0.39 is 4.92 Å². The first-order valence-electron chi connectivity index (χ1n) is 7.82. The number of hydrazone groups is 1. The van der Waals surface area contributed by atoms with Crippen LogP contribution in [0, 0.1) is 17.0 Å². The Bertz CT molecular complexity index is 952. The van der Waals surface area contributed by atoms with Crippen molar-refractivity contribution in [2.24, 2.45) is 10.8 Å². The molecule has 0 aliphatic heterocycles. The molecule has 0 bridgehead atoms. The SMILES string of the molecule is CC(=O)NNc1nc(C)c(C(/C=C/c2ccc([N+](=O)[O-])cc2)=N/NC(N)=S)s1. The van der Waals surface area contributed by atoms with Crippen LogP contribution in [0.4, 0.5) is 10.8 Å². The molecular formula is C16H17N7O3S2. The van der Waals surface area contributed by atoms with Gasteiger partial charge in [0.2, 0.25) is 11.0 Å². The number of allylic oxidation sites excluding steroid dienone is 1. The topological polar surface area (TPSA) is 148 Å². The Hall–Kier alpha value is -3.38. The summed E-state index contributed by atoms with van der Waals surface area (Å²) in [6.45, 7) is 3.17. The number of carbonyl (C=O) groups is 1. The summed E-state index contributed by atoms with van der Waals surface area (Å²) in [6, 6.07) is 6.07. The number of nitrogens with zero attached hydrogens (tertiary/aromatic N) is 3. The monoisotopic (exact) mass is 419 g/mol. The van der Waals surface area contributed by atoms with Gasteiger partial charge in [-0.1, -0.05) is 17.4 Å². The summed E-state index contributed by atoms with van der Waals surface area (Å²) < 4.78 is 0. The number of nitrogens with two attached hydrogens (primary N) is 1. The summed E-state index contributed by atoms with van der Waals surface area (Å²) in [5.74, 6) is -0.253. The zero-order chi connectivity index (χ0) is 20.7. The van der Waals surface area contributed by atoms with Gasteiger partial charge in [-0.15, -0.1) is 0 Å². The van der Waals surface area contributed by atoms with Gasteiger partial charge in [0.25, 0.3) is 5.69 Å². The standard InChI is InChI=1S/C16H17N7O3S2/c1-9-14(28-16(18-9)22-19-10(2)24)13(20-21-15(17)27)8-5-11-3-6-12(7-4-11)23(25)26/h3-8H,1-2H3,(H,18,22)(H,19,24)(H3,17,21,27)/b8-5+,20-13+. The van der Waals surface area contributed by atoms with Crippen molar-refractivity contribution >= 4 is 57.2 Å². The van der Waals surface area contributed by atoms with Crippen LogP contribution in [0.5, 0.6) is 0 Å². The number of nitro benzene ring substituents is 1. The lowest BCUT2D eigenvalue weighted by molar-refractivity contribution is -0.384. The van der Waals surface area contributed by atoms with Crippen LogP contribution in [-0.4, -0.2) is 26.6 Å². The van der Waals surface area contributed by atoms with Crippen molar-refractivity contribution in [1.82, 2.24) is 15.8 Å². The van der Waals surface area contributed by atoms with E-state index in [-0.39, 0.29) is 16.7 Å². The highest BCUT2D eigenvalue weighted by molar-refractivity contribution is 7.80. The van der Waals surface area contributed by atoms with E-state index in [1.54, 1.807) is 31.2 Å². The predicted molar refractivity (Wildman–Crippen MR) is 113 cm³/mol. The molecule has 0 unspecified atom stereocenters. The van der Waals surface area contributed by atoms with Gasteiger partial charge in [-0.25, -0.2) is 4.98 Å². The first-order chi connectivity index (χ1) is 13.3. The van der Waals surface area contributed by atoms with E-state index in [9.17, 15) is 14.9 Å². The van der Waals surface area contributed by atoms with Gasteiger partial charge in [0, 0.05) is 19.1 Å². The highest BCUT2D eigenvalue weighted by Gasteiger charge is 2.13. The van der Waals surface area contributed by atoms with Crippen LogP contribution < -0.4 is 22.0 Å². The Kier molecular flexibility index (Phi) is 7.12. The van der Waals surface area contributed by atoms with Gasteiger partial charge in [-0.2, -0.15) is 5.10 Å². The van der Waals surface area contributed by atoms with E-state index in [2.05, 4.69) is 26.4 Å². The number of nitrogens with one attached hydrogen (secondary N) is 3. The van der Waals surface area contributed by atoms with Gasteiger partial charge < -0.3 is 5.73 Å². The Morgan fingerprint density at radius 1 is 1.39 bits per heavy atom. The summed E-state index contributed by atoms with van der Waals surface area (Å²) in [5, 5.41) is 15.4. The quantitative estimate of drug-likeness (QED) is 0.231. The van der Waals surface area contributed by atoms with E-state index in [0.717, 1.165) is 10.4 Å². The van der Waals surface area contributed by atoms with Gasteiger partial charge >= 0.3 is 0 Å². The molecule has 1 heterocycles. The molecule has 0 atom stereocenters. The van der Waals surface area contributed by atoms with Crippen LogP contribution in [-0.2, 0) is 4.79 Å². The van der Waals surface area contributed by atoms with Crippen molar-refractivity contribution in [3.8, 4) is 0 Å². The molecule has 0 fully saturated rings. The maximum Gasteiger partial charge on any atom is 0.269 e. The molecule has 0 aliphatic carbocycles. The maximum atomic E-state index is 11.0. The fourth-order valence-electron chi connectivity index (χ4n) is 1.99.